The van der Waals surface area contributed by atoms with E-state index < -0.39 is 0 Å². The highest BCUT2D eigenvalue weighted by Crippen LogP contribution is 2.30. The van der Waals surface area contributed by atoms with E-state index in [1.807, 2.05) is 30.7 Å². The van der Waals surface area contributed by atoms with Gasteiger partial charge in [0.15, 0.2) is 0 Å². The van der Waals surface area contributed by atoms with Gasteiger partial charge in [-0.15, -0.1) is 11.3 Å². The van der Waals surface area contributed by atoms with Gasteiger partial charge < -0.3 is 0 Å². The van der Waals surface area contributed by atoms with Crippen LogP contribution in [-0.4, -0.2) is 9.97 Å². The van der Waals surface area contributed by atoms with Crippen LogP contribution in [0, 0.1) is 0 Å². The maximum atomic E-state index is 4.34. The van der Waals surface area contributed by atoms with Crippen LogP contribution in [0.5, 0.6) is 0 Å². The van der Waals surface area contributed by atoms with Gasteiger partial charge in [-0.2, -0.15) is 0 Å². The van der Waals surface area contributed by atoms with Gasteiger partial charge in [0.1, 0.15) is 0 Å². The van der Waals surface area contributed by atoms with E-state index in [0.717, 1.165) is 10.9 Å². The van der Waals surface area contributed by atoms with E-state index in [2.05, 4.69) is 16.0 Å². The molecule has 13 heavy (non-hydrogen) atoms. The predicted octanol–water partition coefficient (Wildman–Crippen LogP) is 2.84. The lowest BCUT2D eigenvalue weighted by atomic mass is 10.3. The highest BCUT2D eigenvalue weighted by atomic mass is 32.1. The molecular formula is C10H6N2S. The summed E-state index contributed by atoms with van der Waals surface area (Å²) in [5.74, 6) is 0. The van der Waals surface area contributed by atoms with Gasteiger partial charge in [-0.1, -0.05) is 0 Å². The first-order chi connectivity index (χ1) is 6.45. The summed E-state index contributed by atoms with van der Waals surface area (Å²) in [7, 11) is 0. The summed E-state index contributed by atoms with van der Waals surface area (Å²) in [6.45, 7) is 0. The van der Waals surface area contributed by atoms with Crippen molar-refractivity contribution in [2.24, 2.45) is 0 Å². The summed E-state index contributed by atoms with van der Waals surface area (Å²) in [6, 6.07) is 6.08. The molecule has 2 nitrogen and oxygen atoms in total. The van der Waals surface area contributed by atoms with E-state index in [1.165, 1.54) is 9.40 Å². The Hall–Kier alpha value is -1.48. The summed E-state index contributed by atoms with van der Waals surface area (Å²) in [5, 5.41) is 1.16. The second kappa shape index (κ2) is 2.50. The fourth-order valence-electron chi connectivity index (χ4n) is 1.44. The molecule has 0 atom stereocenters. The number of rotatable bonds is 0. The monoisotopic (exact) mass is 186 g/mol. The normalized spacial score (nSPS) is 11.1. The minimum Gasteiger partial charge on any atom is -0.264 e. The zero-order chi connectivity index (χ0) is 8.67. The molecule has 0 fully saturated rings. The summed E-state index contributed by atoms with van der Waals surface area (Å²) >= 11 is 1.76. The third kappa shape index (κ3) is 0.939. The number of hydrogen-bond acceptors (Lipinski definition) is 3. The van der Waals surface area contributed by atoms with Gasteiger partial charge in [-0.05, 0) is 18.2 Å². The second-order valence-corrected chi connectivity index (χ2v) is 3.91. The van der Waals surface area contributed by atoms with Crippen molar-refractivity contribution in [3.8, 4) is 0 Å². The summed E-state index contributed by atoms with van der Waals surface area (Å²) in [5.41, 5.74) is 1.07. The van der Waals surface area contributed by atoms with Gasteiger partial charge in [0.05, 0.1) is 10.2 Å². The number of pyridine rings is 2. The molecule has 0 radical (unpaired) electrons. The highest BCUT2D eigenvalue weighted by molar-refractivity contribution is 7.25. The van der Waals surface area contributed by atoms with Crippen molar-refractivity contribution >= 4 is 31.6 Å². The fraction of sp³-hybridized carbons (Fsp3) is 0. The van der Waals surface area contributed by atoms with Gasteiger partial charge in [0.2, 0.25) is 0 Å². The Bertz CT molecular complexity index is 521. The largest absolute Gasteiger partial charge is 0.264 e. The Balaban J connectivity index is 2.64. The molecule has 0 aliphatic carbocycles. The zero-order valence-corrected chi connectivity index (χ0v) is 7.58. The van der Waals surface area contributed by atoms with Crippen LogP contribution < -0.4 is 0 Å². The lowest BCUT2D eigenvalue weighted by Gasteiger charge is -1.86. The summed E-state index contributed by atoms with van der Waals surface area (Å²) in [4.78, 5) is 8.44. The molecule has 0 saturated carbocycles. The molecule has 0 bridgehead atoms. The van der Waals surface area contributed by atoms with E-state index in [9.17, 15) is 0 Å². The smallest absolute Gasteiger partial charge is 0.0903 e. The van der Waals surface area contributed by atoms with E-state index in [4.69, 9.17) is 0 Å². The maximum absolute atomic E-state index is 4.34. The lowest BCUT2D eigenvalue weighted by Crippen LogP contribution is -1.72. The van der Waals surface area contributed by atoms with Crippen molar-refractivity contribution in [1.29, 1.82) is 0 Å². The quantitative estimate of drug-likeness (QED) is 0.539. The molecule has 0 aromatic carbocycles. The van der Waals surface area contributed by atoms with Crippen molar-refractivity contribution in [2.45, 2.75) is 0 Å². The predicted molar refractivity (Wildman–Crippen MR) is 54.9 cm³/mol. The molecule has 0 spiro atoms. The van der Waals surface area contributed by atoms with Crippen LogP contribution in [0.2, 0.25) is 0 Å². The van der Waals surface area contributed by atoms with Crippen LogP contribution in [0.25, 0.3) is 20.3 Å². The van der Waals surface area contributed by atoms with Crippen molar-refractivity contribution < 1.29 is 0 Å². The van der Waals surface area contributed by atoms with Crippen LogP contribution in [0.3, 0.4) is 0 Å². The van der Waals surface area contributed by atoms with E-state index in [-0.39, 0.29) is 0 Å². The molecule has 3 heterocycles. The zero-order valence-electron chi connectivity index (χ0n) is 6.77. The molecule has 0 N–H and O–H groups in total. The van der Waals surface area contributed by atoms with E-state index in [1.54, 1.807) is 11.3 Å². The number of aromatic nitrogens is 2. The van der Waals surface area contributed by atoms with E-state index >= 15 is 0 Å². The van der Waals surface area contributed by atoms with Gasteiger partial charge in [-0.25, -0.2) is 0 Å². The lowest BCUT2D eigenvalue weighted by molar-refractivity contribution is 1.36. The third-order valence-electron chi connectivity index (χ3n) is 2.03. The minimum atomic E-state index is 1.07. The Morgan fingerprint density at radius 2 is 2.08 bits per heavy atom. The van der Waals surface area contributed by atoms with Crippen molar-refractivity contribution in [3.05, 3.63) is 36.8 Å². The third-order valence-corrected chi connectivity index (χ3v) is 3.15. The summed E-state index contributed by atoms with van der Waals surface area (Å²) < 4.78 is 2.48. The average molecular weight is 186 g/mol. The molecule has 0 amide bonds. The molecule has 3 heteroatoms. The van der Waals surface area contributed by atoms with Crippen molar-refractivity contribution in [2.75, 3.05) is 0 Å². The molecule has 3 aromatic heterocycles. The number of thiophene rings is 1. The molecule has 0 aliphatic heterocycles. The molecule has 62 valence electrons. The van der Waals surface area contributed by atoms with Gasteiger partial charge in [0.25, 0.3) is 0 Å². The van der Waals surface area contributed by atoms with Crippen LogP contribution in [-0.2, 0) is 0 Å². The molecule has 3 rings (SSSR count). The maximum Gasteiger partial charge on any atom is 0.0903 e. The standard InChI is InChI=1S/C10H6N2S/c1-2-9-10(12-4-1)7-6-11-5-3-8(7)13-9/h1-6H. The first-order valence-corrected chi connectivity index (χ1v) is 4.84. The van der Waals surface area contributed by atoms with Crippen LogP contribution >= 0.6 is 11.3 Å². The molecular weight excluding hydrogens is 180 g/mol. The van der Waals surface area contributed by atoms with Gasteiger partial charge in [0, 0.05) is 28.7 Å². The van der Waals surface area contributed by atoms with Crippen molar-refractivity contribution in [3.63, 3.8) is 0 Å². The first kappa shape index (κ1) is 6.97. The van der Waals surface area contributed by atoms with Crippen molar-refractivity contribution in [1.82, 2.24) is 9.97 Å². The van der Waals surface area contributed by atoms with Crippen LogP contribution in [0.4, 0.5) is 0 Å². The molecule has 0 unspecified atom stereocenters. The van der Waals surface area contributed by atoms with Gasteiger partial charge >= 0.3 is 0 Å². The SMILES string of the molecule is c1cnc2c(c1)sc1ccncc12. The molecule has 0 aliphatic rings. The minimum absolute atomic E-state index is 1.07. The number of nitrogens with zero attached hydrogens (tertiary/aromatic N) is 2. The summed E-state index contributed by atoms with van der Waals surface area (Å²) in [6.07, 6.45) is 5.51. The average Bonchev–Trinajstić information content (AvgIpc) is 2.56. The van der Waals surface area contributed by atoms with E-state index in [0.29, 0.717) is 0 Å². The Morgan fingerprint density at radius 3 is 3.08 bits per heavy atom. The topological polar surface area (TPSA) is 25.8 Å². The first-order valence-electron chi connectivity index (χ1n) is 4.02. The van der Waals surface area contributed by atoms with Gasteiger partial charge in [-0.3, -0.25) is 9.97 Å². The Kier molecular flexibility index (Phi) is 1.34. The molecule has 0 saturated heterocycles. The molecule has 3 aromatic rings. The highest BCUT2D eigenvalue weighted by Gasteiger charge is 2.03. The van der Waals surface area contributed by atoms with Crippen LogP contribution in [0.15, 0.2) is 36.8 Å². The Morgan fingerprint density at radius 1 is 1.08 bits per heavy atom. The number of hydrogen-bond donors (Lipinski definition) is 0. The number of fused-ring (bicyclic) bond motifs is 3. The van der Waals surface area contributed by atoms with Crippen LogP contribution in [0.1, 0.15) is 0 Å². The Labute approximate surface area is 78.9 Å². The fourth-order valence-corrected chi connectivity index (χ4v) is 2.47. The second-order valence-electron chi connectivity index (χ2n) is 2.82.